The van der Waals surface area contributed by atoms with Gasteiger partial charge in [-0.2, -0.15) is 0 Å². The molecule has 2 rings (SSSR count). The van der Waals surface area contributed by atoms with E-state index in [0.29, 0.717) is 17.9 Å². The van der Waals surface area contributed by atoms with Crippen LogP contribution >= 0.6 is 0 Å². The van der Waals surface area contributed by atoms with Crippen LogP contribution in [0.1, 0.15) is 57.1 Å². The minimum absolute atomic E-state index is 0.134. The van der Waals surface area contributed by atoms with Gasteiger partial charge in [-0.25, -0.2) is 0 Å². The van der Waals surface area contributed by atoms with Crippen molar-refractivity contribution in [3.8, 4) is 5.75 Å². The van der Waals surface area contributed by atoms with Crippen molar-refractivity contribution in [3.05, 3.63) is 29.3 Å². The van der Waals surface area contributed by atoms with Crippen LogP contribution in [0, 0.1) is 0 Å². The molecular weight excluding hydrogens is 262 g/mol. The van der Waals surface area contributed by atoms with E-state index in [1.807, 2.05) is 7.05 Å². The normalized spacial score (nSPS) is 25.2. The van der Waals surface area contributed by atoms with Crippen molar-refractivity contribution in [1.82, 2.24) is 5.32 Å². The van der Waals surface area contributed by atoms with Gasteiger partial charge in [-0.3, -0.25) is 0 Å². The monoisotopic (exact) mass is 291 g/mol. The summed E-state index contributed by atoms with van der Waals surface area (Å²) in [7, 11) is 3.75. The van der Waals surface area contributed by atoms with Crippen LogP contribution in [0.15, 0.2) is 18.2 Å². The Bertz CT molecular complexity index is 444. The largest absolute Gasteiger partial charge is 0.487 e. The highest BCUT2D eigenvalue weighted by Crippen LogP contribution is 2.38. The van der Waals surface area contributed by atoms with Crippen LogP contribution in [0.5, 0.6) is 5.75 Å². The number of nitrogens with one attached hydrogen (secondary N) is 1. The first-order chi connectivity index (χ1) is 9.99. The number of hydrogen-bond donors (Lipinski definition) is 1. The van der Waals surface area contributed by atoms with E-state index < -0.39 is 0 Å². The molecule has 3 heteroatoms. The number of likely N-dealkylation sites (N-methyl/N-ethyl adjacent to an activating group) is 1. The van der Waals surface area contributed by atoms with Crippen LogP contribution < -0.4 is 10.1 Å². The highest BCUT2D eigenvalue weighted by Gasteiger charge is 2.43. The molecule has 1 aliphatic carbocycles. The molecule has 0 heterocycles. The molecule has 1 fully saturated rings. The standard InChI is InChI=1S/C18H29NO2/c1-11(2)13-8-7-9-14(12(3)4)17(13)21-16-10-15(19-5)18(16)20-6/h7-9,11-12,15-16,18-19H,10H2,1-6H3. The highest BCUT2D eigenvalue weighted by atomic mass is 16.5. The first-order valence-electron chi connectivity index (χ1n) is 7.99. The van der Waals surface area contributed by atoms with Gasteiger partial charge in [0, 0.05) is 19.6 Å². The van der Waals surface area contributed by atoms with Gasteiger partial charge in [0.05, 0.1) is 0 Å². The van der Waals surface area contributed by atoms with E-state index >= 15 is 0 Å². The Hall–Kier alpha value is -1.06. The zero-order valence-electron chi connectivity index (χ0n) is 14.1. The van der Waals surface area contributed by atoms with Gasteiger partial charge in [0.1, 0.15) is 18.0 Å². The Kier molecular flexibility index (Phi) is 5.28. The molecule has 0 bridgehead atoms. The molecule has 1 saturated carbocycles. The Balaban J connectivity index is 2.26. The molecule has 3 nitrogen and oxygen atoms in total. The van der Waals surface area contributed by atoms with E-state index in [2.05, 4.69) is 51.2 Å². The average molecular weight is 291 g/mol. The highest BCUT2D eigenvalue weighted by molar-refractivity contribution is 5.45. The maximum absolute atomic E-state index is 6.41. The molecular formula is C18H29NO2. The third kappa shape index (κ3) is 3.24. The van der Waals surface area contributed by atoms with Crippen molar-refractivity contribution in [2.75, 3.05) is 14.2 Å². The number of ether oxygens (including phenoxy) is 2. The van der Waals surface area contributed by atoms with Crippen molar-refractivity contribution in [2.45, 2.75) is 64.2 Å². The smallest absolute Gasteiger partial charge is 0.128 e. The summed E-state index contributed by atoms with van der Waals surface area (Å²) in [6, 6.07) is 6.90. The Morgan fingerprint density at radius 3 is 2.10 bits per heavy atom. The molecule has 0 spiro atoms. The second kappa shape index (κ2) is 6.80. The number of para-hydroxylation sites is 1. The lowest BCUT2D eigenvalue weighted by molar-refractivity contribution is -0.0876. The van der Waals surface area contributed by atoms with Crippen LogP contribution in [-0.2, 0) is 4.74 Å². The molecule has 3 atom stereocenters. The van der Waals surface area contributed by atoms with Gasteiger partial charge in [-0.05, 0) is 30.0 Å². The molecule has 0 aromatic heterocycles. The third-order valence-electron chi connectivity index (χ3n) is 4.48. The molecule has 0 saturated heterocycles. The summed E-state index contributed by atoms with van der Waals surface area (Å²) in [5, 5.41) is 3.29. The first-order valence-corrected chi connectivity index (χ1v) is 7.99. The molecule has 1 aromatic rings. The molecule has 1 aromatic carbocycles. The van der Waals surface area contributed by atoms with Gasteiger partial charge in [0.15, 0.2) is 0 Å². The Morgan fingerprint density at radius 1 is 1.10 bits per heavy atom. The zero-order valence-corrected chi connectivity index (χ0v) is 14.1. The van der Waals surface area contributed by atoms with Crippen molar-refractivity contribution in [2.24, 2.45) is 0 Å². The molecule has 118 valence electrons. The Morgan fingerprint density at radius 2 is 1.67 bits per heavy atom. The van der Waals surface area contributed by atoms with Crippen molar-refractivity contribution < 1.29 is 9.47 Å². The second-order valence-electron chi connectivity index (χ2n) is 6.56. The number of benzene rings is 1. The average Bonchev–Trinajstić information content (AvgIpc) is 2.42. The lowest BCUT2D eigenvalue weighted by atomic mass is 9.85. The van der Waals surface area contributed by atoms with Gasteiger partial charge >= 0.3 is 0 Å². The SMILES string of the molecule is CNC1CC(Oc2c(C(C)C)cccc2C(C)C)C1OC. The zero-order chi connectivity index (χ0) is 15.6. The number of rotatable bonds is 6. The van der Waals surface area contributed by atoms with Crippen LogP contribution in [0.25, 0.3) is 0 Å². The quantitative estimate of drug-likeness (QED) is 0.867. The molecule has 0 aliphatic heterocycles. The number of methoxy groups -OCH3 is 1. The van der Waals surface area contributed by atoms with Gasteiger partial charge < -0.3 is 14.8 Å². The second-order valence-corrected chi connectivity index (χ2v) is 6.56. The lowest BCUT2D eigenvalue weighted by Gasteiger charge is -2.43. The van der Waals surface area contributed by atoms with E-state index in [0.717, 1.165) is 12.2 Å². The predicted molar refractivity (Wildman–Crippen MR) is 87.3 cm³/mol. The molecule has 3 unspecified atom stereocenters. The van der Waals surface area contributed by atoms with Crippen molar-refractivity contribution in [3.63, 3.8) is 0 Å². The summed E-state index contributed by atoms with van der Waals surface area (Å²) in [5.74, 6) is 1.99. The summed E-state index contributed by atoms with van der Waals surface area (Å²) in [4.78, 5) is 0. The van der Waals surface area contributed by atoms with E-state index in [1.54, 1.807) is 7.11 Å². The summed E-state index contributed by atoms with van der Waals surface area (Å²) in [6.07, 6.45) is 1.28. The fraction of sp³-hybridized carbons (Fsp3) is 0.667. The van der Waals surface area contributed by atoms with Crippen LogP contribution in [0.3, 0.4) is 0 Å². The molecule has 1 aliphatic rings. The van der Waals surface area contributed by atoms with Crippen molar-refractivity contribution in [1.29, 1.82) is 0 Å². The van der Waals surface area contributed by atoms with Crippen LogP contribution in [-0.4, -0.2) is 32.4 Å². The summed E-state index contributed by atoms with van der Waals surface area (Å²) in [5.41, 5.74) is 2.59. The fourth-order valence-electron chi connectivity index (χ4n) is 3.07. The molecule has 21 heavy (non-hydrogen) atoms. The van der Waals surface area contributed by atoms with Crippen LogP contribution in [0.2, 0.25) is 0 Å². The van der Waals surface area contributed by atoms with E-state index in [4.69, 9.17) is 9.47 Å². The third-order valence-corrected chi connectivity index (χ3v) is 4.48. The predicted octanol–water partition coefficient (Wildman–Crippen LogP) is 3.69. The molecule has 1 N–H and O–H groups in total. The van der Waals surface area contributed by atoms with Gasteiger partial charge in [0.2, 0.25) is 0 Å². The lowest BCUT2D eigenvalue weighted by Crippen LogP contribution is -2.60. The van der Waals surface area contributed by atoms with Gasteiger partial charge in [-0.15, -0.1) is 0 Å². The fourth-order valence-corrected chi connectivity index (χ4v) is 3.07. The molecule has 0 radical (unpaired) electrons. The van der Waals surface area contributed by atoms with Crippen LogP contribution in [0.4, 0.5) is 0 Å². The minimum Gasteiger partial charge on any atom is -0.487 e. The topological polar surface area (TPSA) is 30.5 Å². The van der Waals surface area contributed by atoms with Gasteiger partial charge in [-0.1, -0.05) is 45.9 Å². The summed E-state index contributed by atoms with van der Waals surface area (Å²) < 4.78 is 12.0. The van der Waals surface area contributed by atoms with Crippen molar-refractivity contribution >= 4 is 0 Å². The Labute approximate surface area is 129 Å². The maximum atomic E-state index is 6.41. The van der Waals surface area contributed by atoms with E-state index in [9.17, 15) is 0 Å². The summed E-state index contributed by atoms with van der Waals surface area (Å²) in [6.45, 7) is 8.88. The molecule has 0 amide bonds. The maximum Gasteiger partial charge on any atom is 0.128 e. The van der Waals surface area contributed by atoms with Gasteiger partial charge in [0.25, 0.3) is 0 Å². The van der Waals surface area contributed by atoms with E-state index in [-0.39, 0.29) is 12.2 Å². The van der Waals surface area contributed by atoms with E-state index in [1.165, 1.54) is 11.1 Å². The minimum atomic E-state index is 0.134. The number of hydrogen-bond acceptors (Lipinski definition) is 3. The summed E-state index contributed by atoms with van der Waals surface area (Å²) >= 11 is 0. The first kappa shape index (κ1) is 16.3.